The molecule has 0 radical (unpaired) electrons. The third-order valence-corrected chi connectivity index (χ3v) is 5.39. The number of sulfonamides is 1. The van der Waals surface area contributed by atoms with Gasteiger partial charge in [-0.2, -0.15) is 0 Å². The molecule has 144 valence electrons. The summed E-state index contributed by atoms with van der Waals surface area (Å²) in [6.07, 6.45) is -1.10. The summed E-state index contributed by atoms with van der Waals surface area (Å²) in [5.74, 6) is 0. The molecule has 0 bridgehead atoms. The van der Waals surface area contributed by atoms with Gasteiger partial charge in [0.15, 0.2) is 6.10 Å². The molecular formula is C18H20N2O6S. The lowest BCUT2D eigenvalue weighted by Crippen LogP contribution is -2.44. The quantitative estimate of drug-likeness (QED) is 0.817. The first-order valence-electron chi connectivity index (χ1n) is 8.56. The van der Waals surface area contributed by atoms with Crippen molar-refractivity contribution < 1.29 is 27.4 Å². The molecule has 0 aromatic heterocycles. The van der Waals surface area contributed by atoms with E-state index in [9.17, 15) is 13.2 Å². The first kappa shape index (κ1) is 18.2. The maximum atomic E-state index is 12.4. The van der Waals surface area contributed by atoms with Crippen LogP contribution in [0.1, 0.15) is 0 Å². The van der Waals surface area contributed by atoms with E-state index >= 15 is 0 Å². The smallest absolute Gasteiger partial charge is 0.412 e. The number of carbonyl (C=O) groups is 1. The van der Waals surface area contributed by atoms with Crippen LogP contribution < -0.4 is 10.0 Å². The predicted molar refractivity (Wildman–Crippen MR) is 99.1 cm³/mol. The Morgan fingerprint density at radius 3 is 2.63 bits per heavy atom. The fourth-order valence-corrected chi connectivity index (χ4v) is 4.30. The fraction of sp³-hybridized carbons (Fsp3) is 0.389. The molecule has 27 heavy (non-hydrogen) atoms. The molecule has 9 heteroatoms. The van der Waals surface area contributed by atoms with Crippen LogP contribution in [0.25, 0.3) is 10.8 Å². The summed E-state index contributed by atoms with van der Waals surface area (Å²) in [6.45, 7) is 0.327. The van der Waals surface area contributed by atoms with E-state index < -0.39 is 40.5 Å². The van der Waals surface area contributed by atoms with Crippen LogP contribution in [0, 0.1) is 0 Å². The number of nitrogens with one attached hydrogen (secondary N) is 2. The molecule has 2 aliphatic rings. The van der Waals surface area contributed by atoms with E-state index in [1.165, 1.54) is 0 Å². The first-order chi connectivity index (χ1) is 12.9. The van der Waals surface area contributed by atoms with Gasteiger partial charge in [-0.3, -0.25) is 5.32 Å². The minimum Gasteiger partial charge on any atom is -0.441 e. The third-order valence-electron chi connectivity index (χ3n) is 4.66. The summed E-state index contributed by atoms with van der Waals surface area (Å²) in [6, 6.07) is 12.8. The summed E-state index contributed by atoms with van der Waals surface area (Å²) in [7, 11) is -3.38. The average Bonchev–Trinajstić information content (AvgIpc) is 3.18. The van der Waals surface area contributed by atoms with Crippen LogP contribution in [-0.2, 0) is 24.2 Å². The van der Waals surface area contributed by atoms with Crippen molar-refractivity contribution in [2.45, 2.75) is 24.4 Å². The van der Waals surface area contributed by atoms with E-state index in [4.69, 9.17) is 14.2 Å². The average molecular weight is 392 g/mol. The van der Waals surface area contributed by atoms with Gasteiger partial charge >= 0.3 is 6.09 Å². The van der Waals surface area contributed by atoms with E-state index in [0.717, 1.165) is 17.0 Å². The van der Waals surface area contributed by atoms with Crippen molar-refractivity contribution in [2.24, 2.45) is 0 Å². The number of hydrogen-bond donors (Lipinski definition) is 2. The summed E-state index contributed by atoms with van der Waals surface area (Å²) >= 11 is 0. The molecule has 4 atom stereocenters. The fourth-order valence-electron chi connectivity index (χ4n) is 3.55. The zero-order chi connectivity index (χ0) is 19.0. The molecule has 2 aromatic rings. The van der Waals surface area contributed by atoms with Crippen LogP contribution in [0.2, 0.25) is 0 Å². The summed E-state index contributed by atoms with van der Waals surface area (Å²) in [4.78, 5) is 12.4. The standard InChI is InChI=1S/C18H20N2O6S/c1-27(22,23)20-14-9-24-17-15(10-25-16(14)17)26-18(21)19-13-8-4-6-11-5-2-3-7-12(11)13/h2-8,14-17,20H,9-10H2,1H3,(H,19,21)/t14-,15-,16-,17+/m1/s1. The second-order valence-electron chi connectivity index (χ2n) is 6.69. The maximum absolute atomic E-state index is 12.4. The number of anilines is 1. The van der Waals surface area contributed by atoms with E-state index in [-0.39, 0.29) is 13.2 Å². The van der Waals surface area contributed by atoms with E-state index in [1.54, 1.807) is 6.07 Å². The number of rotatable bonds is 4. The van der Waals surface area contributed by atoms with Crippen molar-refractivity contribution in [1.82, 2.24) is 4.72 Å². The number of ether oxygens (including phenoxy) is 3. The largest absolute Gasteiger partial charge is 0.441 e. The SMILES string of the molecule is CS(=O)(=O)N[C@@H]1CO[C@@H]2[C@@H]1OC[C@H]2OC(=O)Nc1cccc2ccccc12. The Hall–Kier alpha value is -2.20. The van der Waals surface area contributed by atoms with Crippen molar-refractivity contribution >= 4 is 32.6 Å². The lowest BCUT2D eigenvalue weighted by atomic mass is 10.1. The molecular weight excluding hydrogens is 372 g/mol. The summed E-state index contributed by atoms with van der Waals surface area (Å²) in [5.41, 5.74) is 0.650. The molecule has 0 saturated carbocycles. The van der Waals surface area contributed by atoms with Crippen LogP contribution in [0.5, 0.6) is 0 Å². The molecule has 2 saturated heterocycles. The van der Waals surface area contributed by atoms with Gasteiger partial charge in [-0.25, -0.2) is 17.9 Å². The molecule has 4 rings (SSSR count). The van der Waals surface area contributed by atoms with Crippen LogP contribution >= 0.6 is 0 Å². The minimum absolute atomic E-state index is 0.153. The Labute approximate surface area is 156 Å². The van der Waals surface area contributed by atoms with Crippen molar-refractivity contribution in [3.8, 4) is 0 Å². The van der Waals surface area contributed by atoms with E-state index in [1.807, 2.05) is 36.4 Å². The zero-order valence-electron chi connectivity index (χ0n) is 14.6. The van der Waals surface area contributed by atoms with Crippen molar-refractivity contribution in [1.29, 1.82) is 0 Å². The molecule has 1 amide bonds. The van der Waals surface area contributed by atoms with Crippen molar-refractivity contribution in [3.63, 3.8) is 0 Å². The molecule has 0 aliphatic carbocycles. The highest BCUT2D eigenvalue weighted by Crippen LogP contribution is 2.30. The van der Waals surface area contributed by atoms with Crippen molar-refractivity contribution in [3.05, 3.63) is 42.5 Å². The lowest BCUT2D eigenvalue weighted by molar-refractivity contribution is 0.00885. The molecule has 2 fully saturated rings. The molecule has 2 N–H and O–H groups in total. The van der Waals surface area contributed by atoms with Gasteiger partial charge in [0.1, 0.15) is 12.2 Å². The summed E-state index contributed by atoms with van der Waals surface area (Å²) < 4.78 is 42.0. The number of fused-ring (bicyclic) bond motifs is 2. The second kappa shape index (κ2) is 7.08. The van der Waals surface area contributed by atoms with Gasteiger partial charge in [-0.15, -0.1) is 0 Å². The first-order valence-corrected chi connectivity index (χ1v) is 10.5. The molecule has 2 aliphatic heterocycles. The van der Waals surface area contributed by atoms with E-state index in [0.29, 0.717) is 5.69 Å². The Kier molecular flexibility index (Phi) is 4.77. The van der Waals surface area contributed by atoms with Crippen molar-refractivity contribution in [2.75, 3.05) is 24.8 Å². The van der Waals surface area contributed by atoms with E-state index in [2.05, 4.69) is 10.0 Å². The van der Waals surface area contributed by atoms with Gasteiger partial charge < -0.3 is 14.2 Å². The zero-order valence-corrected chi connectivity index (χ0v) is 15.4. The summed E-state index contributed by atoms with van der Waals surface area (Å²) in [5, 5.41) is 4.67. The number of amides is 1. The number of carbonyl (C=O) groups excluding carboxylic acids is 1. The van der Waals surface area contributed by atoms with Crippen LogP contribution in [-0.4, -0.2) is 58.3 Å². The Morgan fingerprint density at radius 1 is 1.07 bits per heavy atom. The normalized spacial score (nSPS) is 27.4. The van der Waals surface area contributed by atoms with Gasteiger partial charge in [0.05, 0.1) is 31.2 Å². The molecule has 2 aromatic carbocycles. The number of benzene rings is 2. The molecule has 0 unspecified atom stereocenters. The topological polar surface area (TPSA) is 103 Å². The van der Waals surface area contributed by atoms with Gasteiger partial charge in [0.25, 0.3) is 0 Å². The molecule has 8 nitrogen and oxygen atoms in total. The van der Waals surface area contributed by atoms with Gasteiger partial charge in [-0.1, -0.05) is 36.4 Å². The van der Waals surface area contributed by atoms with Gasteiger partial charge in [0, 0.05) is 5.39 Å². The lowest BCUT2D eigenvalue weighted by Gasteiger charge is -2.18. The maximum Gasteiger partial charge on any atom is 0.412 e. The highest BCUT2D eigenvalue weighted by molar-refractivity contribution is 7.88. The van der Waals surface area contributed by atoms with Gasteiger partial charge in [-0.05, 0) is 11.5 Å². The Morgan fingerprint density at radius 2 is 1.81 bits per heavy atom. The van der Waals surface area contributed by atoms with Crippen LogP contribution in [0.15, 0.2) is 42.5 Å². The van der Waals surface area contributed by atoms with Crippen LogP contribution in [0.3, 0.4) is 0 Å². The second-order valence-corrected chi connectivity index (χ2v) is 8.47. The molecule has 0 spiro atoms. The molecule has 2 heterocycles. The Bertz CT molecular complexity index is 958. The third kappa shape index (κ3) is 3.91. The van der Waals surface area contributed by atoms with Crippen LogP contribution in [0.4, 0.5) is 10.5 Å². The highest BCUT2D eigenvalue weighted by Gasteiger charge is 2.50. The van der Waals surface area contributed by atoms with Gasteiger partial charge in [0.2, 0.25) is 10.0 Å². The predicted octanol–water partition coefficient (Wildman–Crippen LogP) is 1.47. The Balaban J connectivity index is 1.41. The number of hydrogen-bond acceptors (Lipinski definition) is 6. The monoisotopic (exact) mass is 392 g/mol. The minimum atomic E-state index is -3.38. The highest BCUT2D eigenvalue weighted by atomic mass is 32.2.